The highest BCUT2D eigenvalue weighted by Crippen LogP contribution is 2.13. The number of amides is 1. The number of aliphatic carboxylic acids is 1. The Bertz CT molecular complexity index is 227. The molecule has 0 rings (SSSR count). The third-order valence-corrected chi connectivity index (χ3v) is 3.24. The molecule has 0 aliphatic carbocycles. The fourth-order valence-corrected chi connectivity index (χ4v) is 2.05. The molecule has 0 radical (unpaired) electrons. The summed E-state index contributed by atoms with van der Waals surface area (Å²) in [4.78, 5) is 21.6. The molecule has 0 saturated carbocycles. The quantitative estimate of drug-likeness (QED) is 0.416. The van der Waals surface area contributed by atoms with Gasteiger partial charge in [-0.3, -0.25) is 9.59 Å². The Balaban J connectivity index is 3.39. The molecule has 1 atom stereocenters. The molecule has 0 aromatic heterocycles. The maximum atomic E-state index is 10.8. The molecule has 0 spiro atoms. The van der Waals surface area contributed by atoms with E-state index < -0.39 is 17.8 Å². The highest BCUT2D eigenvalue weighted by atomic mass is 16.4. The number of nitrogens with two attached hydrogens (primary N) is 1. The Hall–Kier alpha value is -1.06. The predicted molar refractivity (Wildman–Crippen MR) is 72.2 cm³/mol. The van der Waals surface area contributed by atoms with E-state index in [1.54, 1.807) is 0 Å². The Morgan fingerprint density at radius 3 is 1.78 bits per heavy atom. The molecule has 0 aliphatic rings. The molecule has 106 valence electrons. The summed E-state index contributed by atoms with van der Waals surface area (Å²) in [6.07, 6.45) is 10.9. The van der Waals surface area contributed by atoms with Gasteiger partial charge in [0.1, 0.15) is 5.92 Å². The van der Waals surface area contributed by atoms with Gasteiger partial charge in [0.25, 0.3) is 0 Å². The van der Waals surface area contributed by atoms with Gasteiger partial charge in [0.05, 0.1) is 0 Å². The summed E-state index contributed by atoms with van der Waals surface area (Å²) < 4.78 is 0. The number of carbonyl (C=O) groups is 2. The molecule has 4 nitrogen and oxygen atoms in total. The topological polar surface area (TPSA) is 80.4 Å². The predicted octanol–water partition coefficient (Wildman–Crippen LogP) is 3.09. The van der Waals surface area contributed by atoms with Crippen LogP contribution < -0.4 is 5.73 Å². The largest absolute Gasteiger partial charge is 0.481 e. The van der Waals surface area contributed by atoms with E-state index in [2.05, 4.69) is 6.92 Å². The molecule has 0 bridgehead atoms. The Labute approximate surface area is 110 Å². The number of carboxylic acid groups (broad SMARTS) is 1. The molecule has 3 N–H and O–H groups in total. The number of hydrogen-bond donors (Lipinski definition) is 2. The lowest BCUT2D eigenvalue weighted by Crippen LogP contribution is -2.30. The van der Waals surface area contributed by atoms with E-state index in [1.807, 2.05) is 0 Å². The lowest BCUT2D eigenvalue weighted by molar-refractivity contribution is -0.146. The third kappa shape index (κ3) is 9.02. The molecule has 0 fully saturated rings. The van der Waals surface area contributed by atoms with Crippen molar-refractivity contribution in [3.05, 3.63) is 0 Å². The molecular weight excluding hydrogens is 230 g/mol. The Morgan fingerprint density at radius 1 is 0.944 bits per heavy atom. The first-order valence-electron chi connectivity index (χ1n) is 7.11. The van der Waals surface area contributed by atoms with Crippen molar-refractivity contribution in [2.45, 2.75) is 71.1 Å². The second kappa shape index (κ2) is 11.1. The van der Waals surface area contributed by atoms with Crippen LogP contribution in [0.4, 0.5) is 0 Å². The van der Waals surface area contributed by atoms with E-state index in [1.165, 1.54) is 38.5 Å². The Morgan fingerprint density at radius 2 is 1.39 bits per heavy atom. The summed E-state index contributed by atoms with van der Waals surface area (Å²) in [5, 5.41) is 8.77. The van der Waals surface area contributed by atoms with Gasteiger partial charge in [0, 0.05) is 0 Å². The third-order valence-electron chi connectivity index (χ3n) is 3.24. The number of carboxylic acids is 1. The van der Waals surface area contributed by atoms with E-state index in [-0.39, 0.29) is 0 Å². The average molecular weight is 257 g/mol. The monoisotopic (exact) mass is 257 g/mol. The summed E-state index contributed by atoms with van der Waals surface area (Å²) in [7, 11) is 0. The van der Waals surface area contributed by atoms with Crippen LogP contribution in [-0.2, 0) is 9.59 Å². The molecule has 0 aliphatic heterocycles. The highest BCUT2D eigenvalue weighted by molar-refractivity contribution is 5.95. The zero-order valence-electron chi connectivity index (χ0n) is 11.5. The smallest absolute Gasteiger partial charge is 0.316 e. The fraction of sp³-hybridized carbons (Fsp3) is 0.857. The van der Waals surface area contributed by atoms with Gasteiger partial charge in [0.15, 0.2) is 0 Å². The summed E-state index contributed by atoms with van der Waals surface area (Å²) in [6.45, 7) is 2.21. The van der Waals surface area contributed by atoms with E-state index in [0.29, 0.717) is 6.42 Å². The van der Waals surface area contributed by atoms with E-state index >= 15 is 0 Å². The van der Waals surface area contributed by atoms with E-state index in [0.717, 1.165) is 19.3 Å². The van der Waals surface area contributed by atoms with Gasteiger partial charge in [-0.2, -0.15) is 0 Å². The normalized spacial score (nSPS) is 12.3. The van der Waals surface area contributed by atoms with Crippen molar-refractivity contribution in [1.82, 2.24) is 0 Å². The first-order chi connectivity index (χ1) is 8.59. The first kappa shape index (κ1) is 16.9. The molecule has 4 heteroatoms. The van der Waals surface area contributed by atoms with Gasteiger partial charge in [-0.15, -0.1) is 0 Å². The van der Waals surface area contributed by atoms with Crippen molar-refractivity contribution in [2.75, 3.05) is 0 Å². The minimum atomic E-state index is -1.10. The molecule has 0 aromatic carbocycles. The van der Waals surface area contributed by atoms with Crippen LogP contribution >= 0.6 is 0 Å². The van der Waals surface area contributed by atoms with Gasteiger partial charge in [-0.25, -0.2) is 0 Å². The molecule has 0 saturated heterocycles. The number of carbonyl (C=O) groups excluding carboxylic acids is 1. The van der Waals surface area contributed by atoms with Crippen LogP contribution in [0.3, 0.4) is 0 Å². The summed E-state index contributed by atoms with van der Waals surface area (Å²) in [6, 6.07) is 0. The fourth-order valence-electron chi connectivity index (χ4n) is 2.05. The van der Waals surface area contributed by atoms with Crippen LogP contribution in [0.1, 0.15) is 71.1 Å². The summed E-state index contributed by atoms with van der Waals surface area (Å²) >= 11 is 0. The van der Waals surface area contributed by atoms with Crippen LogP contribution in [0.15, 0.2) is 0 Å². The van der Waals surface area contributed by atoms with Crippen molar-refractivity contribution in [3.63, 3.8) is 0 Å². The maximum absolute atomic E-state index is 10.8. The SMILES string of the molecule is CCCCCCCCCCCC(C(N)=O)C(=O)O. The van der Waals surface area contributed by atoms with Crippen LogP contribution in [0, 0.1) is 5.92 Å². The zero-order chi connectivity index (χ0) is 13.8. The molecule has 18 heavy (non-hydrogen) atoms. The highest BCUT2D eigenvalue weighted by Gasteiger charge is 2.22. The van der Waals surface area contributed by atoms with E-state index in [9.17, 15) is 9.59 Å². The van der Waals surface area contributed by atoms with Crippen LogP contribution in [0.2, 0.25) is 0 Å². The molecule has 0 aromatic rings. The lowest BCUT2D eigenvalue weighted by atomic mass is 9.99. The number of primary amides is 1. The minimum Gasteiger partial charge on any atom is -0.481 e. The summed E-state index contributed by atoms with van der Waals surface area (Å²) in [5.41, 5.74) is 5.03. The standard InChI is InChI=1S/C14H27NO3/c1-2-3-4-5-6-7-8-9-10-11-12(13(15)16)14(17)18/h12H,2-11H2,1H3,(H2,15,16)(H,17,18). The molecule has 0 heterocycles. The van der Waals surface area contributed by atoms with Gasteiger partial charge < -0.3 is 10.8 Å². The second-order valence-electron chi connectivity index (χ2n) is 4.91. The van der Waals surface area contributed by atoms with Gasteiger partial charge in [-0.05, 0) is 6.42 Å². The van der Waals surface area contributed by atoms with Gasteiger partial charge >= 0.3 is 5.97 Å². The molecular formula is C14H27NO3. The van der Waals surface area contributed by atoms with Crippen molar-refractivity contribution in [2.24, 2.45) is 11.7 Å². The zero-order valence-corrected chi connectivity index (χ0v) is 11.5. The number of hydrogen-bond acceptors (Lipinski definition) is 2. The average Bonchev–Trinajstić information content (AvgIpc) is 2.30. The van der Waals surface area contributed by atoms with E-state index in [4.69, 9.17) is 10.8 Å². The van der Waals surface area contributed by atoms with Crippen LogP contribution in [0.25, 0.3) is 0 Å². The second-order valence-corrected chi connectivity index (χ2v) is 4.91. The van der Waals surface area contributed by atoms with Crippen molar-refractivity contribution in [1.29, 1.82) is 0 Å². The van der Waals surface area contributed by atoms with Gasteiger partial charge in [0.2, 0.25) is 5.91 Å². The Kier molecular flexibility index (Phi) is 10.4. The summed E-state index contributed by atoms with van der Waals surface area (Å²) in [5.74, 6) is -2.82. The van der Waals surface area contributed by atoms with Gasteiger partial charge in [-0.1, -0.05) is 64.7 Å². The number of rotatable bonds is 12. The van der Waals surface area contributed by atoms with Crippen molar-refractivity contribution < 1.29 is 14.7 Å². The van der Waals surface area contributed by atoms with Crippen LogP contribution in [0.5, 0.6) is 0 Å². The maximum Gasteiger partial charge on any atom is 0.316 e. The first-order valence-corrected chi connectivity index (χ1v) is 7.11. The van der Waals surface area contributed by atoms with Crippen LogP contribution in [-0.4, -0.2) is 17.0 Å². The number of unbranched alkanes of at least 4 members (excludes halogenated alkanes) is 8. The molecule has 1 unspecified atom stereocenters. The molecule has 1 amide bonds. The van der Waals surface area contributed by atoms with Crippen molar-refractivity contribution in [3.8, 4) is 0 Å². The lowest BCUT2D eigenvalue weighted by Gasteiger charge is -2.07. The minimum absolute atomic E-state index is 0.375. The van der Waals surface area contributed by atoms with Crippen molar-refractivity contribution >= 4 is 11.9 Å².